The Morgan fingerprint density at radius 1 is 1.24 bits per heavy atom. The Bertz CT molecular complexity index is 593. The molecule has 1 fully saturated rings. The monoisotopic (exact) mass is 290 g/mol. The van der Waals surface area contributed by atoms with Gasteiger partial charge in [-0.15, -0.1) is 0 Å². The average molecular weight is 290 g/mol. The van der Waals surface area contributed by atoms with Gasteiger partial charge in [-0.05, 0) is 5.56 Å². The first-order valence-corrected chi connectivity index (χ1v) is 6.17. The van der Waals surface area contributed by atoms with Gasteiger partial charge in [-0.3, -0.25) is 19.7 Å². The van der Waals surface area contributed by atoms with Gasteiger partial charge in [0.05, 0.1) is 6.42 Å². The van der Waals surface area contributed by atoms with Gasteiger partial charge in [0.1, 0.15) is 13.1 Å². The third-order valence-electron chi connectivity index (χ3n) is 3.01. The van der Waals surface area contributed by atoms with Gasteiger partial charge in [0, 0.05) is 5.56 Å². The van der Waals surface area contributed by atoms with Crippen LogP contribution < -0.4 is 11.1 Å². The lowest BCUT2D eigenvalue weighted by Gasteiger charge is -2.25. The van der Waals surface area contributed by atoms with Gasteiger partial charge >= 0.3 is 0 Å². The van der Waals surface area contributed by atoms with Crippen molar-refractivity contribution in [1.82, 2.24) is 10.2 Å². The normalized spacial score (nSPS) is 15.8. The van der Waals surface area contributed by atoms with E-state index in [1.165, 1.54) is 4.90 Å². The number of amides is 3. The molecule has 1 aliphatic heterocycles. The summed E-state index contributed by atoms with van der Waals surface area (Å²) in [6.07, 6.45) is 0.0665. The number of carbonyl (C=O) groups is 3. The fraction of sp³-hybridized carbons (Fsp3) is 0.231. The van der Waals surface area contributed by atoms with Crippen molar-refractivity contribution in [3.63, 3.8) is 0 Å². The first kappa shape index (κ1) is 14.5. The molecule has 110 valence electrons. The van der Waals surface area contributed by atoms with Crippen LogP contribution in [0.25, 0.3) is 0 Å². The van der Waals surface area contributed by atoms with Crippen LogP contribution >= 0.6 is 0 Å². The third-order valence-corrected chi connectivity index (χ3v) is 3.01. The van der Waals surface area contributed by atoms with Crippen molar-refractivity contribution >= 4 is 23.6 Å². The van der Waals surface area contributed by atoms with E-state index in [1.54, 1.807) is 24.3 Å². The minimum atomic E-state index is -0.484. The number of piperazine rings is 1. The number of nitrogens with one attached hydrogen (secondary N) is 1. The molecule has 1 aliphatic rings. The Labute approximate surface area is 120 Å². The van der Waals surface area contributed by atoms with Crippen LogP contribution in [-0.2, 0) is 20.8 Å². The van der Waals surface area contributed by atoms with E-state index < -0.39 is 11.8 Å². The SMILES string of the molecule is NC(=NO)c1ccc(CC(=O)N2CC(=O)NC(=O)C2)cc1. The highest BCUT2D eigenvalue weighted by atomic mass is 16.4. The molecule has 0 spiro atoms. The van der Waals surface area contributed by atoms with E-state index >= 15 is 0 Å². The van der Waals surface area contributed by atoms with Crippen LogP contribution in [0.1, 0.15) is 11.1 Å². The molecule has 0 atom stereocenters. The molecule has 1 aromatic carbocycles. The molecule has 0 aromatic heterocycles. The molecule has 8 nitrogen and oxygen atoms in total. The van der Waals surface area contributed by atoms with Gasteiger partial charge < -0.3 is 15.8 Å². The molecule has 4 N–H and O–H groups in total. The van der Waals surface area contributed by atoms with Crippen molar-refractivity contribution in [2.45, 2.75) is 6.42 Å². The summed E-state index contributed by atoms with van der Waals surface area (Å²) in [5, 5.41) is 13.6. The highest BCUT2D eigenvalue weighted by Gasteiger charge is 2.26. The van der Waals surface area contributed by atoms with E-state index in [2.05, 4.69) is 10.5 Å². The van der Waals surface area contributed by atoms with Crippen LogP contribution in [0.3, 0.4) is 0 Å². The molecule has 0 bridgehead atoms. The summed E-state index contributed by atoms with van der Waals surface area (Å²) in [4.78, 5) is 35.7. The zero-order valence-electron chi connectivity index (χ0n) is 11.1. The minimum Gasteiger partial charge on any atom is -0.409 e. The molecule has 2 rings (SSSR count). The molecular formula is C13H14N4O4. The quantitative estimate of drug-likeness (QED) is 0.212. The van der Waals surface area contributed by atoms with Gasteiger partial charge in [-0.2, -0.15) is 0 Å². The van der Waals surface area contributed by atoms with E-state index in [4.69, 9.17) is 10.9 Å². The number of rotatable bonds is 3. The zero-order chi connectivity index (χ0) is 15.4. The molecule has 3 amide bonds. The van der Waals surface area contributed by atoms with E-state index in [-0.39, 0.29) is 31.3 Å². The topological polar surface area (TPSA) is 125 Å². The summed E-state index contributed by atoms with van der Waals surface area (Å²) in [5.41, 5.74) is 6.67. The largest absolute Gasteiger partial charge is 0.409 e. The lowest BCUT2D eigenvalue weighted by atomic mass is 10.1. The number of imide groups is 1. The number of nitrogens with two attached hydrogens (primary N) is 1. The number of oxime groups is 1. The molecule has 1 heterocycles. The Balaban J connectivity index is 2.02. The van der Waals surface area contributed by atoms with Crippen LogP contribution in [0, 0.1) is 0 Å². The maximum absolute atomic E-state index is 12.0. The van der Waals surface area contributed by atoms with Crippen LogP contribution in [0.2, 0.25) is 0 Å². The summed E-state index contributed by atoms with van der Waals surface area (Å²) in [6, 6.07) is 6.56. The third kappa shape index (κ3) is 3.56. The van der Waals surface area contributed by atoms with Gasteiger partial charge in [-0.1, -0.05) is 29.4 Å². The lowest BCUT2D eigenvalue weighted by Crippen LogP contribution is -2.53. The summed E-state index contributed by atoms with van der Waals surface area (Å²) >= 11 is 0. The maximum atomic E-state index is 12.0. The van der Waals surface area contributed by atoms with Crippen LogP contribution in [-0.4, -0.2) is 46.8 Å². The summed E-state index contributed by atoms with van der Waals surface area (Å²) in [5.74, 6) is -1.30. The number of benzene rings is 1. The van der Waals surface area contributed by atoms with E-state index in [1.807, 2.05) is 0 Å². The average Bonchev–Trinajstić information content (AvgIpc) is 2.46. The van der Waals surface area contributed by atoms with Crippen LogP contribution in [0.4, 0.5) is 0 Å². The van der Waals surface area contributed by atoms with Crippen molar-refractivity contribution in [2.75, 3.05) is 13.1 Å². The second kappa shape index (κ2) is 6.04. The second-order valence-electron chi connectivity index (χ2n) is 4.58. The molecule has 8 heteroatoms. The summed E-state index contributed by atoms with van der Waals surface area (Å²) in [7, 11) is 0. The van der Waals surface area contributed by atoms with Crippen molar-refractivity contribution in [2.24, 2.45) is 10.9 Å². The van der Waals surface area contributed by atoms with Crippen molar-refractivity contribution in [1.29, 1.82) is 0 Å². The standard InChI is InChI=1S/C13H14N4O4/c14-13(16-21)9-3-1-8(2-4-9)5-12(20)17-6-10(18)15-11(19)7-17/h1-4,21H,5-7H2,(H2,14,16)(H,15,18,19). The van der Waals surface area contributed by atoms with Gasteiger partial charge in [0.2, 0.25) is 17.7 Å². The summed E-state index contributed by atoms with van der Waals surface area (Å²) < 4.78 is 0. The number of hydrogen-bond donors (Lipinski definition) is 3. The highest BCUT2D eigenvalue weighted by Crippen LogP contribution is 2.07. The van der Waals surface area contributed by atoms with Gasteiger partial charge in [0.15, 0.2) is 5.84 Å². The summed E-state index contributed by atoms with van der Waals surface area (Å²) in [6.45, 7) is -0.237. The molecular weight excluding hydrogens is 276 g/mol. The number of nitrogens with zero attached hydrogens (tertiary/aromatic N) is 2. The Morgan fingerprint density at radius 2 is 1.81 bits per heavy atom. The van der Waals surface area contributed by atoms with Crippen molar-refractivity contribution < 1.29 is 19.6 Å². The molecule has 1 aromatic rings. The maximum Gasteiger partial charge on any atom is 0.246 e. The fourth-order valence-corrected chi connectivity index (χ4v) is 1.95. The van der Waals surface area contributed by atoms with Crippen LogP contribution in [0.15, 0.2) is 29.4 Å². The number of hydrogen-bond acceptors (Lipinski definition) is 5. The Morgan fingerprint density at radius 3 is 2.33 bits per heavy atom. The first-order chi connectivity index (χ1) is 9.99. The Hall–Kier alpha value is -2.90. The predicted molar refractivity (Wildman–Crippen MR) is 72.4 cm³/mol. The smallest absolute Gasteiger partial charge is 0.246 e. The first-order valence-electron chi connectivity index (χ1n) is 6.17. The molecule has 21 heavy (non-hydrogen) atoms. The number of carbonyl (C=O) groups excluding carboxylic acids is 3. The van der Waals surface area contributed by atoms with E-state index in [9.17, 15) is 14.4 Å². The molecule has 0 saturated carbocycles. The van der Waals surface area contributed by atoms with E-state index in [0.29, 0.717) is 11.1 Å². The fourth-order valence-electron chi connectivity index (χ4n) is 1.95. The highest BCUT2D eigenvalue weighted by molar-refractivity contribution is 6.02. The zero-order valence-corrected chi connectivity index (χ0v) is 11.1. The molecule has 0 radical (unpaired) electrons. The molecule has 1 saturated heterocycles. The molecule has 0 unspecified atom stereocenters. The van der Waals surface area contributed by atoms with Gasteiger partial charge in [-0.25, -0.2) is 0 Å². The van der Waals surface area contributed by atoms with Gasteiger partial charge in [0.25, 0.3) is 0 Å². The second-order valence-corrected chi connectivity index (χ2v) is 4.58. The van der Waals surface area contributed by atoms with E-state index in [0.717, 1.165) is 0 Å². The van der Waals surface area contributed by atoms with Crippen molar-refractivity contribution in [3.05, 3.63) is 35.4 Å². The Kier molecular flexibility index (Phi) is 4.17. The predicted octanol–water partition coefficient (Wildman–Crippen LogP) is -1.19. The minimum absolute atomic E-state index is 0.0221. The molecule has 0 aliphatic carbocycles. The number of amidine groups is 1. The van der Waals surface area contributed by atoms with Crippen molar-refractivity contribution in [3.8, 4) is 0 Å². The van der Waals surface area contributed by atoms with Crippen LogP contribution in [0.5, 0.6) is 0 Å². The lowest BCUT2D eigenvalue weighted by molar-refractivity contribution is -0.145.